The molecule has 5 rings (SSSR count). The van der Waals surface area contributed by atoms with Crippen molar-refractivity contribution in [3.63, 3.8) is 0 Å². The minimum atomic E-state index is -1.11. The van der Waals surface area contributed by atoms with Crippen molar-refractivity contribution in [1.29, 1.82) is 0 Å². The summed E-state index contributed by atoms with van der Waals surface area (Å²) in [7, 11) is 1.59. The molecule has 0 spiro atoms. The van der Waals surface area contributed by atoms with Gasteiger partial charge >= 0.3 is 0 Å². The number of methoxy groups -OCH3 is 1. The summed E-state index contributed by atoms with van der Waals surface area (Å²) in [5.74, 6) is 0.280. The van der Waals surface area contributed by atoms with Gasteiger partial charge in [0.2, 0.25) is 5.91 Å². The fraction of sp³-hybridized carbons (Fsp3) is 0.440. The van der Waals surface area contributed by atoms with Crippen LogP contribution in [-0.4, -0.2) is 35.1 Å². The Bertz CT molecular complexity index is 1160. The molecule has 1 aliphatic carbocycles. The maximum absolute atomic E-state index is 13.8. The van der Waals surface area contributed by atoms with Crippen molar-refractivity contribution in [2.45, 2.75) is 63.6 Å². The maximum Gasteiger partial charge on any atom is 0.276 e. The van der Waals surface area contributed by atoms with Crippen molar-refractivity contribution < 1.29 is 18.7 Å². The third kappa shape index (κ3) is 3.36. The van der Waals surface area contributed by atoms with E-state index in [9.17, 15) is 9.59 Å². The van der Waals surface area contributed by atoms with E-state index in [-0.39, 0.29) is 17.9 Å². The lowest BCUT2D eigenvalue weighted by molar-refractivity contribution is -0.127. The molecular formula is C25H29N3O4. The summed E-state index contributed by atoms with van der Waals surface area (Å²) in [5, 5.41) is 3.28. The van der Waals surface area contributed by atoms with Gasteiger partial charge in [-0.1, -0.05) is 31.7 Å². The van der Waals surface area contributed by atoms with Crippen LogP contribution in [0.1, 0.15) is 55.9 Å². The number of amides is 2. The fourth-order valence-corrected chi connectivity index (χ4v) is 5.13. The zero-order chi connectivity index (χ0) is 22.3. The van der Waals surface area contributed by atoms with E-state index in [1.807, 2.05) is 35.8 Å². The summed E-state index contributed by atoms with van der Waals surface area (Å²) < 4.78 is 12.8. The highest BCUT2D eigenvalue weighted by molar-refractivity contribution is 6.13. The molecule has 0 saturated heterocycles. The minimum Gasteiger partial charge on any atom is -0.497 e. The lowest BCUT2D eigenvalue weighted by Gasteiger charge is -2.44. The predicted octanol–water partition coefficient (Wildman–Crippen LogP) is 4.50. The minimum absolute atomic E-state index is 0.128. The van der Waals surface area contributed by atoms with Gasteiger partial charge in [0.1, 0.15) is 17.0 Å². The van der Waals surface area contributed by atoms with Crippen LogP contribution in [0.2, 0.25) is 0 Å². The zero-order valence-corrected chi connectivity index (χ0v) is 18.6. The number of hydrogen-bond acceptors (Lipinski definition) is 4. The first-order valence-electron chi connectivity index (χ1n) is 11.4. The monoisotopic (exact) mass is 435 g/mol. The Kier molecular flexibility index (Phi) is 5.19. The molecular weight excluding hydrogens is 406 g/mol. The van der Waals surface area contributed by atoms with Gasteiger partial charge < -0.3 is 19.0 Å². The Hall–Kier alpha value is -3.22. The number of nitrogens with one attached hydrogen (secondary N) is 1. The molecule has 1 aromatic carbocycles. The molecule has 1 atom stereocenters. The molecule has 1 unspecified atom stereocenters. The Morgan fingerprint density at radius 3 is 2.69 bits per heavy atom. The van der Waals surface area contributed by atoms with E-state index in [0.29, 0.717) is 29.3 Å². The Labute approximate surface area is 187 Å². The lowest BCUT2D eigenvalue weighted by atomic mass is 9.92. The molecule has 1 fully saturated rings. The summed E-state index contributed by atoms with van der Waals surface area (Å²) in [5.41, 5.74) is 1.52. The molecule has 3 aromatic rings. The van der Waals surface area contributed by atoms with Crippen LogP contribution in [0.15, 0.2) is 47.1 Å². The first kappa shape index (κ1) is 20.7. The second kappa shape index (κ2) is 8.04. The summed E-state index contributed by atoms with van der Waals surface area (Å²) in [6.07, 6.45) is 8.24. The van der Waals surface area contributed by atoms with E-state index < -0.39 is 5.54 Å². The largest absolute Gasteiger partial charge is 0.497 e. The number of anilines is 1. The number of ether oxygens (including phenoxy) is 1. The molecule has 3 heterocycles. The quantitative estimate of drug-likeness (QED) is 0.612. The topological polar surface area (TPSA) is 76.7 Å². The molecule has 7 heteroatoms. The van der Waals surface area contributed by atoms with E-state index >= 15 is 0 Å². The Morgan fingerprint density at radius 2 is 1.94 bits per heavy atom. The van der Waals surface area contributed by atoms with Crippen LogP contribution in [0.25, 0.3) is 11.1 Å². The molecule has 1 aliphatic heterocycles. The smallest absolute Gasteiger partial charge is 0.276 e. The molecule has 168 valence electrons. The zero-order valence-electron chi connectivity index (χ0n) is 18.6. The third-order valence-corrected chi connectivity index (χ3v) is 6.90. The van der Waals surface area contributed by atoms with E-state index in [4.69, 9.17) is 9.15 Å². The van der Waals surface area contributed by atoms with E-state index in [1.165, 1.54) is 12.8 Å². The van der Waals surface area contributed by atoms with Crippen molar-refractivity contribution in [2.24, 2.45) is 0 Å². The molecule has 32 heavy (non-hydrogen) atoms. The van der Waals surface area contributed by atoms with Crippen molar-refractivity contribution >= 4 is 28.6 Å². The van der Waals surface area contributed by atoms with Crippen LogP contribution >= 0.6 is 0 Å². The Balaban J connectivity index is 1.58. The number of nitrogens with zero attached hydrogens (tertiary/aromatic N) is 2. The number of aromatic nitrogens is 1. The maximum atomic E-state index is 13.8. The molecule has 2 amide bonds. The molecule has 0 radical (unpaired) electrons. The highest BCUT2D eigenvalue weighted by Gasteiger charge is 2.49. The average Bonchev–Trinajstić information content (AvgIpc) is 3.28. The van der Waals surface area contributed by atoms with Gasteiger partial charge in [-0.2, -0.15) is 0 Å². The molecule has 2 aliphatic rings. The van der Waals surface area contributed by atoms with E-state index in [1.54, 1.807) is 30.4 Å². The summed E-state index contributed by atoms with van der Waals surface area (Å²) >= 11 is 0. The molecule has 0 bridgehead atoms. The first-order chi connectivity index (χ1) is 15.5. The van der Waals surface area contributed by atoms with Crippen LogP contribution in [0.4, 0.5) is 5.69 Å². The van der Waals surface area contributed by atoms with Gasteiger partial charge in [-0.25, -0.2) is 0 Å². The molecule has 1 saturated carbocycles. The van der Waals surface area contributed by atoms with Crippen LogP contribution in [-0.2, 0) is 11.3 Å². The summed E-state index contributed by atoms with van der Waals surface area (Å²) in [6.45, 7) is 2.19. The fourth-order valence-electron chi connectivity index (χ4n) is 5.13. The molecule has 2 aromatic heterocycles. The van der Waals surface area contributed by atoms with Gasteiger partial charge in [0, 0.05) is 29.9 Å². The third-order valence-electron chi connectivity index (χ3n) is 6.90. The van der Waals surface area contributed by atoms with Crippen molar-refractivity contribution in [1.82, 2.24) is 9.88 Å². The van der Waals surface area contributed by atoms with Crippen LogP contribution in [0, 0.1) is 0 Å². The molecule has 7 nitrogen and oxygen atoms in total. The lowest BCUT2D eigenvalue weighted by Crippen LogP contribution is -2.65. The number of furan rings is 1. The molecule has 1 N–H and O–H groups in total. The van der Waals surface area contributed by atoms with E-state index in [0.717, 1.165) is 31.2 Å². The summed E-state index contributed by atoms with van der Waals surface area (Å²) in [6, 6.07) is 11.1. The van der Waals surface area contributed by atoms with Crippen molar-refractivity contribution in [3.8, 4) is 5.75 Å². The number of hydrogen-bond donors (Lipinski definition) is 1. The van der Waals surface area contributed by atoms with Gasteiger partial charge in [-0.15, -0.1) is 0 Å². The normalized spacial score (nSPS) is 21.9. The van der Waals surface area contributed by atoms with Crippen LogP contribution in [0.5, 0.6) is 5.75 Å². The van der Waals surface area contributed by atoms with Crippen LogP contribution < -0.4 is 15.0 Å². The predicted molar refractivity (Wildman–Crippen MR) is 122 cm³/mol. The number of benzene rings is 1. The highest BCUT2D eigenvalue weighted by atomic mass is 16.5. The standard InChI is InChI=1S/C25H29N3O4/c1-25(24(30)26-17-8-5-3-4-6-9-17)16-27-20-12-13-32-22(20)15-21(27)23(29)28(25)18-10-7-11-19(14-18)31-2/h7,10-15,17H,3-6,8-9,16H2,1-2H3,(H,26,30). The van der Waals surface area contributed by atoms with Gasteiger partial charge in [0.15, 0.2) is 5.58 Å². The van der Waals surface area contributed by atoms with Gasteiger partial charge in [-0.3, -0.25) is 14.5 Å². The van der Waals surface area contributed by atoms with Crippen molar-refractivity contribution in [3.05, 3.63) is 48.4 Å². The number of carbonyl (C=O) groups is 2. The van der Waals surface area contributed by atoms with Gasteiger partial charge in [-0.05, 0) is 31.9 Å². The van der Waals surface area contributed by atoms with Crippen LogP contribution in [0.3, 0.4) is 0 Å². The van der Waals surface area contributed by atoms with Gasteiger partial charge in [0.05, 0.1) is 25.4 Å². The number of fused-ring (bicyclic) bond motifs is 3. The van der Waals surface area contributed by atoms with E-state index in [2.05, 4.69) is 5.32 Å². The number of carbonyl (C=O) groups excluding carboxylic acids is 2. The second-order valence-corrected chi connectivity index (χ2v) is 9.06. The van der Waals surface area contributed by atoms with Gasteiger partial charge in [0.25, 0.3) is 5.91 Å². The average molecular weight is 436 g/mol. The SMILES string of the molecule is COc1cccc(N2C(=O)c3cc4occc4n3CC2(C)C(=O)NC2CCCCCC2)c1. The second-order valence-electron chi connectivity index (χ2n) is 9.06. The highest BCUT2D eigenvalue weighted by Crippen LogP contribution is 2.37. The Morgan fingerprint density at radius 1 is 1.16 bits per heavy atom. The first-order valence-corrected chi connectivity index (χ1v) is 11.4. The summed E-state index contributed by atoms with van der Waals surface area (Å²) in [4.78, 5) is 29.2. The number of rotatable bonds is 4. The van der Waals surface area contributed by atoms with Crippen molar-refractivity contribution in [2.75, 3.05) is 12.0 Å².